The average molecular weight is 571 g/mol. The van der Waals surface area contributed by atoms with Crippen LogP contribution in [0.1, 0.15) is 31.2 Å². The predicted molar refractivity (Wildman–Crippen MR) is 148 cm³/mol. The average Bonchev–Trinajstić information content (AvgIpc) is 3.24. The Morgan fingerprint density at radius 3 is 2.33 bits per heavy atom. The molecule has 214 valence electrons. The molecule has 11 nitrogen and oxygen atoms in total. The van der Waals surface area contributed by atoms with Crippen molar-refractivity contribution in [1.29, 1.82) is 0 Å². The molecule has 0 aromatic heterocycles. The zero-order valence-electron chi connectivity index (χ0n) is 23.0. The fourth-order valence-corrected chi connectivity index (χ4v) is 6.82. The highest BCUT2D eigenvalue weighted by molar-refractivity contribution is 6.25. The molecule has 0 bridgehead atoms. The highest BCUT2D eigenvalue weighted by atomic mass is 16.6. The molecule has 0 unspecified atom stereocenters. The first kappa shape index (κ1) is 27.1. The van der Waals surface area contributed by atoms with Crippen molar-refractivity contribution in [2.75, 3.05) is 19.1 Å². The maximum atomic E-state index is 14.0. The molecular formula is C31H26N2O9. The Morgan fingerprint density at radius 2 is 1.69 bits per heavy atom. The van der Waals surface area contributed by atoms with E-state index in [2.05, 4.69) is 0 Å². The zero-order chi connectivity index (χ0) is 30.0. The van der Waals surface area contributed by atoms with E-state index in [0.717, 1.165) is 4.90 Å². The Balaban J connectivity index is 1.50. The third-order valence-electron chi connectivity index (χ3n) is 8.70. The number of carbonyl (C=O) groups excluding carboxylic acids is 4. The number of nitro benzene ring substituents is 1. The number of hydrogen-bond donors (Lipinski definition) is 1. The topological polar surface area (TPSA) is 153 Å². The normalized spacial score (nSPS) is 25.0. The molecule has 42 heavy (non-hydrogen) atoms. The number of phenols is 1. The Bertz CT molecular complexity index is 1690. The molecule has 1 fully saturated rings. The number of nitro groups is 1. The summed E-state index contributed by atoms with van der Waals surface area (Å²) in [4.78, 5) is 66.3. The number of fused-ring (bicyclic) bond motifs is 3. The molecule has 6 rings (SSSR count). The molecule has 1 aliphatic heterocycles. The van der Waals surface area contributed by atoms with Crippen LogP contribution < -0.4 is 14.4 Å². The summed E-state index contributed by atoms with van der Waals surface area (Å²) in [5.74, 6) is -4.56. The maximum Gasteiger partial charge on any atom is 0.271 e. The number of ether oxygens (including phenoxy) is 2. The van der Waals surface area contributed by atoms with Crippen LogP contribution in [0.5, 0.6) is 17.2 Å². The number of ketones is 2. The number of benzene rings is 2. The quantitative estimate of drug-likeness (QED) is 0.185. The number of non-ortho nitro benzene ring substituents is 1. The molecule has 11 heteroatoms. The maximum absolute atomic E-state index is 14.0. The summed E-state index contributed by atoms with van der Waals surface area (Å²) >= 11 is 0. The van der Waals surface area contributed by atoms with Gasteiger partial charge in [0.05, 0.1) is 36.7 Å². The van der Waals surface area contributed by atoms with Crippen LogP contribution in [0.2, 0.25) is 0 Å². The number of carbonyl (C=O) groups is 4. The van der Waals surface area contributed by atoms with Gasteiger partial charge in [-0.25, -0.2) is 4.90 Å². The molecule has 2 amide bonds. The van der Waals surface area contributed by atoms with E-state index in [0.29, 0.717) is 16.7 Å². The van der Waals surface area contributed by atoms with Crippen LogP contribution in [0.15, 0.2) is 70.8 Å². The smallest absolute Gasteiger partial charge is 0.271 e. The summed E-state index contributed by atoms with van der Waals surface area (Å²) in [6.07, 6.45) is 3.44. The van der Waals surface area contributed by atoms with Gasteiger partial charge in [-0.1, -0.05) is 17.7 Å². The summed E-state index contributed by atoms with van der Waals surface area (Å²) in [7, 11) is 2.76. The van der Waals surface area contributed by atoms with E-state index in [9.17, 15) is 34.4 Å². The lowest BCUT2D eigenvalue weighted by Gasteiger charge is -2.42. The van der Waals surface area contributed by atoms with Gasteiger partial charge in [-0.15, -0.1) is 0 Å². The van der Waals surface area contributed by atoms with Crippen LogP contribution >= 0.6 is 0 Å². The number of rotatable bonds is 5. The fraction of sp³-hybridized carbons (Fsp3) is 0.290. The number of aromatic hydroxyl groups is 1. The van der Waals surface area contributed by atoms with Crippen molar-refractivity contribution < 1.29 is 38.7 Å². The van der Waals surface area contributed by atoms with Crippen molar-refractivity contribution in [3.8, 4) is 17.2 Å². The van der Waals surface area contributed by atoms with Crippen molar-refractivity contribution in [2.24, 2.45) is 17.8 Å². The van der Waals surface area contributed by atoms with Crippen molar-refractivity contribution in [3.63, 3.8) is 0 Å². The van der Waals surface area contributed by atoms with Gasteiger partial charge >= 0.3 is 0 Å². The van der Waals surface area contributed by atoms with Crippen molar-refractivity contribution in [1.82, 2.24) is 0 Å². The molecule has 3 aliphatic carbocycles. The van der Waals surface area contributed by atoms with Gasteiger partial charge in [0, 0.05) is 34.8 Å². The van der Waals surface area contributed by atoms with Crippen molar-refractivity contribution >= 4 is 34.8 Å². The monoisotopic (exact) mass is 570 g/mol. The molecule has 0 saturated carbocycles. The van der Waals surface area contributed by atoms with Crippen molar-refractivity contribution in [3.05, 3.63) is 86.5 Å². The first-order valence-corrected chi connectivity index (χ1v) is 13.3. The van der Waals surface area contributed by atoms with E-state index in [4.69, 9.17) is 9.47 Å². The number of phenolic OH excluding ortho intramolecular Hbond substituents is 1. The van der Waals surface area contributed by atoms with Gasteiger partial charge in [-0.2, -0.15) is 0 Å². The predicted octanol–water partition coefficient (Wildman–Crippen LogP) is 3.95. The van der Waals surface area contributed by atoms with Gasteiger partial charge in [0.2, 0.25) is 17.6 Å². The van der Waals surface area contributed by atoms with Gasteiger partial charge in [0.1, 0.15) is 0 Å². The summed E-state index contributed by atoms with van der Waals surface area (Å²) in [6.45, 7) is 1.58. The van der Waals surface area contributed by atoms with E-state index < -0.39 is 40.4 Å². The van der Waals surface area contributed by atoms with E-state index in [-0.39, 0.29) is 64.2 Å². The van der Waals surface area contributed by atoms with E-state index in [1.54, 1.807) is 19.1 Å². The number of imide groups is 1. The molecule has 4 atom stereocenters. The fourth-order valence-electron chi connectivity index (χ4n) is 6.82. The number of Topliss-reactive ketones (excluding diaryl/α,β-unsaturated/α-hetero) is 1. The van der Waals surface area contributed by atoms with Crippen LogP contribution in [0.4, 0.5) is 11.4 Å². The Hall–Kier alpha value is -5.06. The number of hydrogen-bond acceptors (Lipinski definition) is 9. The van der Waals surface area contributed by atoms with Gasteiger partial charge < -0.3 is 14.6 Å². The Kier molecular flexibility index (Phi) is 6.32. The number of amides is 2. The number of allylic oxidation sites excluding steroid dienone is 6. The minimum absolute atomic E-state index is 0.0847. The lowest BCUT2D eigenvalue weighted by molar-refractivity contribution is -0.384. The van der Waals surface area contributed by atoms with E-state index >= 15 is 0 Å². The van der Waals surface area contributed by atoms with Crippen molar-refractivity contribution in [2.45, 2.75) is 25.7 Å². The van der Waals surface area contributed by atoms with Crippen LogP contribution in [0.3, 0.4) is 0 Å². The van der Waals surface area contributed by atoms with Crippen LogP contribution in [-0.4, -0.2) is 47.6 Å². The first-order chi connectivity index (χ1) is 20.1. The zero-order valence-corrected chi connectivity index (χ0v) is 23.0. The summed E-state index contributed by atoms with van der Waals surface area (Å²) in [5, 5.41) is 21.9. The van der Waals surface area contributed by atoms with Crippen LogP contribution in [-0.2, 0) is 19.2 Å². The molecule has 0 radical (unpaired) electrons. The SMILES string of the molecule is COc1cc([C@H]2C3=CC[C@@H]4C(=O)N(c5cccc([N+](=O)[O-])c5)C(=O)[C@@H]4[C@@H]3CC3=C2C(=O)C(C)=CC3=O)cc(OC)c1O. The molecular weight excluding hydrogens is 544 g/mol. The van der Waals surface area contributed by atoms with E-state index in [1.165, 1.54) is 44.6 Å². The summed E-state index contributed by atoms with van der Waals surface area (Å²) < 4.78 is 10.7. The first-order valence-electron chi connectivity index (χ1n) is 13.3. The molecule has 1 N–H and O–H groups in total. The number of nitrogens with zero attached hydrogens (tertiary/aromatic N) is 2. The lowest BCUT2D eigenvalue weighted by atomic mass is 9.59. The molecule has 0 spiro atoms. The Labute approximate surface area is 239 Å². The number of anilines is 1. The molecule has 1 saturated heterocycles. The lowest BCUT2D eigenvalue weighted by Crippen LogP contribution is -2.39. The second kappa shape index (κ2) is 9.79. The standard InChI is InChI=1S/C31H26N2O9/c1-14-9-22(34)21-13-20-18(25(27(21)28(14)35)15-10-23(41-2)29(36)24(11-15)42-3)7-8-19-26(20)31(38)32(30(19)37)16-5-4-6-17(12-16)33(39)40/h4-7,9-12,19-20,25-26,36H,8,13H2,1-3H3/t19-,20+,25-,26-/m0/s1. The largest absolute Gasteiger partial charge is 0.502 e. The molecule has 2 aromatic rings. The second-order valence-corrected chi connectivity index (χ2v) is 10.8. The van der Waals surface area contributed by atoms with Crippen LogP contribution in [0.25, 0.3) is 0 Å². The van der Waals surface area contributed by atoms with Gasteiger partial charge in [-0.05, 0) is 55.5 Å². The summed E-state index contributed by atoms with van der Waals surface area (Å²) in [6, 6.07) is 8.51. The molecule has 1 heterocycles. The minimum Gasteiger partial charge on any atom is -0.502 e. The molecule has 2 aromatic carbocycles. The highest BCUT2D eigenvalue weighted by Crippen LogP contribution is 2.56. The summed E-state index contributed by atoms with van der Waals surface area (Å²) in [5.41, 5.74) is 1.95. The second-order valence-electron chi connectivity index (χ2n) is 10.8. The number of methoxy groups -OCH3 is 2. The van der Waals surface area contributed by atoms with Gasteiger partial charge in [0.15, 0.2) is 23.1 Å². The van der Waals surface area contributed by atoms with E-state index in [1.807, 2.05) is 6.08 Å². The highest BCUT2D eigenvalue weighted by Gasteiger charge is 2.56. The minimum atomic E-state index is -0.843. The van der Waals surface area contributed by atoms with Gasteiger partial charge in [0.25, 0.3) is 5.69 Å². The Morgan fingerprint density at radius 1 is 1.00 bits per heavy atom. The van der Waals surface area contributed by atoms with Gasteiger partial charge in [-0.3, -0.25) is 29.3 Å². The van der Waals surface area contributed by atoms with Crippen LogP contribution in [0, 0.1) is 27.9 Å². The third-order valence-corrected chi connectivity index (χ3v) is 8.70. The molecule has 4 aliphatic rings. The third kappa shape index (κ3) is 3.87.